The highest BCUT2D eigenvalue weighted by atomic mass is 35.5. The molecule has 0 spiro atoms. The topological polar surface area (TPSA) is 68.8 Å². The number of rotatable bonds is 5. The molecule has 0 amide bonds. The average Bonchev–Trinajstić information content (AvgIpc) is 2.78. The summed E-state index contributed by atoms with van der Waals surface area (Å²) in [6.45, 7) is 0. The van der Waals surface area contributed by atoms with Crippen molar-refractivity contribution in [2.45, 2.75) is 18.9 Å². The molecule has 96 valence electrons. The molecular weight excluding hydrogens is 250 g/mol. The van der Waals surface area contributed by atoms with Crippen LogP contribution >= 0.6 is 11.6 Å². The molecule has 2 aromatic heterocycles. The minimum atomic E-state index is -0.0615. The largest absolute Gasteiger partial charge is 0.273 e. The summed E-state index contributed by atoms with van der Waals surface area (Å²) in [6, 6.07) is 5.56. The van der Waals surface area contributed by atoms with Gasteiger partial charge in [-0.05, 0) is 31.0 Å². The quantitative estimate of drug-likeness (QED) is 0.637. The van der Waals surface area contributed by atoms with Gasteiger partial charge in [0.2, 0.25) is 0 Å². The average molecular weight is 266 g/mol. The third-order valence-electron chi connectivity index (χ3n) is 2.93. The van der Waals surface area contributed by atoms with Crippen LogP contribution < -0.4 is 11.3 Å². The SMILES string of the molecule is Cn1nccc1CCC(NN)c1ncccc1Cl. The van der Waals surface area contributed by atoms with Crippen LogP contribution in [0.2, 0.25) is 5.02 Å². The molecule has 5 nitrogen and oxygen atoms in total. The predicted octanol–water partition coefficient (Wildman–Crippen LogP) is 1.61. The third kappa shape index (κ3) is 2.87. The van der Waals surface area contributed by atoms with Crippen molar-refractivity contribution in [2.24, 2.45) is 12.9 Å². The van der Waals surface area contributed by atoms with Gasteiger partial charge in [-0.25, -0.2) is 0 Å². The van der Waals surface area contributed by atoms with Crippen LogP contribution in [0.15, 0.2) is 30.6 Å². The number of hydrogen-bond donors (Lipinski definition) is 2. The normalized spacial score (nSPS) is 12.6. The first-order chi connectivity index (χ1) is 8.72. The Kier molecular flexibility index (Phi) is 4.30. The smallest absolute Gasteiger partial charge is 0.0772 e. The second kappa shape index (κ2) is 5.95. The zero-order valence-corrected chi connectivity index (χ0v) is 10.9. The van der Waals surface area contributed by atoms with Gasteiger partial charge in [0.1, 0.15) is 0 Å². The van der Waals surface area contributed by atoms with E-state index in [9.17, 15) is 0 Å². The number of aromatic nitrogens is 3. The van der Waals surface area contributed by atoms with Gasteiger partial charge in [0.15, 0.2) is 0 Å². The van der Waals surface area contributed by atoms with E-state index in [-0.39, 0.29) is 6.04 Å². The monoisotopic (exact) mass is 265 g/mol. The van der Waals surface area contributed by atoms with Crippen LogP contribution in [0.3, 0.4) is 0 Å². The summed E-state index contributed by atoms with van der Waals surface area (Å²) in [5, 5.41) is 4.76. The van der Waals surface area contributed by atoms with Crippen molar-refractivity contribution in [3.63, 3.8) is 0 Å². The maximum atomic E-state index is 6.11. The summed E-state index contributed by atoms with van der Waals surface area (Å²) in [5.74, 6) is 5.58. The number of nitrogens with zero attached hydrogens (tertiary/aromatic N) is 3. The van der Waals surface area contributed by atoms with Crippen LogP contribution in [0.5, 0.6) is 0 Å². The summed E-state index contributed by atoms with van der Waals surface area (Å²) in [4.78, 5) is 4.27. The lowest BCUT2D eigenvalue weighted by molar-refractivity contribution is 0.496. The molecule has 0 saturated heterocycles. The molecule has 0 aliphatic heterocycles. The van der Waals surface area contributed by atoms with Crippen molar-refractivity contribution in [2.75, 3.05) is 0 Å². The number of nitrogens with two attached hydrogens (primary N) is 1. The molecule has 3 N–H and O–H groups in total. The van der Waals surface area contributed by atoms with Crippen molar-refractivity contribution in [1.82, 2.24) is 20.2 Å². The maximum Gasteiger partial charge on any atom is 0.0772 e. The third-order valence-corrected chi connectivity index (χ3v) is 3.25. The van der Waals surface area contributed by atoms with E-state index in [2.05, 4.69) is 15.5 Å². The van der Waals surface area contributed by atoms with Gasteiger partial charge < -0.3 is 0 Å². The van der Waals surface area contributed by atoms with E-state index in [1.165, 1.54) is 0 Å². The molecule has 2 rings (SSSR count). The molecule has 0 fully saturated rings. The van der Waals surface area contributed by atoms with Crippen LogP contribution in [-0.4, -0.2) is 14.8 Å². The summed E-state index contributed by atoms with van der Waals surface area (Å²) in [6.07, 6.45) is 5.18. The minimum absolute atomic E-state index is 0.0615. The molecule has 0 aliphatic carbocycles. The van der Waals surface area contributed by atoms with Crippen LogP contribution in [-0.2, 0) is 13.5 Å². The lowest BCUT2D eigenvalue weighted by Gasteiger charge is -2.16. The highest BCUT2D eigenvalue weighted by molar-refractivity contribution is 6.31. The lowest BCUT2D eigenvalue weighted by atomic mass is 10.1. The highest BCUT2D eigenvalue weighted by Crippen LogP contribution is 2.23. The zero-order valence-electron chi connectivity index (χ0n) is 10.2. The second-order valence-electron chi connectivity index (χ2n) is 4.07. The molecule has 0 radical (unpaired) electrons. The van der Waals surface area contributed by atoms with Crippen molar-refractivity contribution >= 4 is 11.6 Å². The Morgan fingerprint density at radius 3 is 2.89 bits per heavy atom. The summed E-state index contributed by atoms with van der Waals surface area (Å²) in [7, 11) is 1.92. The Hall–Kier alpha value is -1.43. The molecule has 0 saturated carbocycles. The zero-order chi connectivity index (χ0) is 13.0. The van der Waals surface area contributed by atoms with Gasteiger partial charge in [0.05, 0.1) is 16.8 Å². The van der Waals surface area contributed by atoms with E-state index >= 15 is 0 Å². The molecule has 1 unspecified atom stereocenters. The van der Waals surface area contributed by atoms with Gasteiger partial charge in [-0.15, -0.1) is 0 Å². The van der Waals surface area contributed by atoms with Gasteiger partial charge in [0.25, 0.3) is 0 Å². The van der Waals surface area contributed by atoms with Crippen molar-refractivity contribution in [3.05, 3.63) is 47.0 Å². The second-order valence-corrected chi connectivity index (χ2v) is 4.48. The van der Waals surface area contributed by atoms with Crippen LogP contribution in [0.4, 0.5) is 0 Å². The number of pyridine rings is 1. The first-order valence-electron chi connectivity index (χ1n) is 5.75. The van der Waals surface area contributed by atoms with E-state index in [4.69, 9.17) is 17.4 Å². The number of nitrogens with one attached hydrogen (secondary N) is 1. The van der Waals surface area contributed by atoms with Crippen molar-refractivity contribution in [1.29, 1.82) is 0 Å². The fourth-order valence-electron chi connectivity index (χ4n) is 1.89. The van der Waals surface area contributed by atoms with Gasteiger partial charge in [-0.1, -0.05) is 11.6 Å². The van der Waals surface area contributed by atoms with Gasteiger partial charge in [0, 0.05) is 25.1 Å². The Labute approximate surface area is 111 Å². The molecule has 2 aromatic rings. The Morgan fingerprint density at radius 1 is 1.44 bits per heavy atom. The van der Waals surface area contributed by atoms with Crippen LogP contribution in [0.1, 0.15) is 23.9 Å². The van der Waals surface area contributed by atoms with Crippen LogP contribution in [0.25, 0.3) is 0 Å². The van der Waals surface area contributed by atoms with E-state index < -0.39 is 0 Å². The molecule has 6 heteroatoms. The molecule has 0 aliphatic rings. The van der Waals surface area contributed by atoms with Gasteiger partial charge >= 0.3 is 0 Å². The fraction of sp³-hybridized carbons (Fsp3) is 0.333. The van der Waals surface area contributed by atoms with Gasteiger partial charge in [-0.3, -0.25) is 20.9 Å². The molecule has 18 heavy (non-hydrogen) atoms. The molecule has 0 bridgehead atoms. The van der Waals surface area contributed by atoms with Gasteiger partial charge in [-0.2, -0.15) is 5.10 Å². The highest BCUT2D eigenvalue weighted by Gasteiger charge is 2.15. The molecule has 1 atom stereocenters. The summed E-state index contributed by atoms with van der Waals surface area (Å²) >= 11 is 6.11. The first-order valence-corrected chi connectivity index (χ1v) is 6.13. The Bertz CT molecular complexity index is 511. The number of aryl methyl sites for hydroxylation is 2. The number of hydrogen-bond acceptors (Lipinski definition) is 4. The Balaban J connectivity index is 2.07. The van der Waals surface area contributed by atoms with Crippen molar-refractivity contribution < 1.29 is 0 Å². The first kappa shape index (κ1) is 13.0. The summed E-state index contributed by atoms with van der Waals surface area (Å²) < 4.78 is 1.85. The fourth-order valence-corrected chi connectivity index (χ4v) is 2.15. The number of halogens is 1. The van der Waals surface area contributed by atoms with E-state index in [1.807, 2.05) is 23.9 Å². The lowest BCUT2D eigenvalue weighted by Crippen LogP contribution is -2.29. The summed E-state index contributed by atoms with van der Waals surface area (Å²) in [5.41, 5.74) is 4.70. The van der Waals surface area contributed by atoms with E-state index in [1.54, 1.807) is 18.5 Å². The van der Waals surface area contributed by atoms with Crippen molar-refractivity contribution in [3.8, 4) is 0 Å². The Morgan fingerprint density at radius 2 is 2.28 bits per heavy atom. The van der Waals surface area contributed by atoms with Crippen LogP contribution in [0, 0.1) is 0 Å². The number of hydrazine groups is 1. The molecular formula is C12H16ClN5. The van der Waals surface area contributed by atoms with E-state index in [0.29, 0.717) is 5.02 Å². The van der Waals surface area contributed by atoms with E-state index in [0.717, 1.165) is 24.2 Å². The minimum Gasteiger partial charge on any atom is -0.273 e. The molecule has 0 aromatic carbocycles. The molecule has 2 heterocycles. The predicted molar refractivity (Wildman–Crippen MR) is 70.8 cm³/mol. The maximum absolute atomic E-state index is 6.11. The standard InChI is InChI=1S/C12H16ClN5/c1-18-9(6-8-16-18)4-5-11(17-14)12-10(13)3-2-7-15-12/h2-3,6-8,11,17H,4-5,14H2,1H3.